The summed E-state index contributed by atoms with van der Waals surface area (Å²) >= 11 is 3.21. The molecular formula is C18H18BrNO5. The summed E-state index contributed by atoms with van der Waals surface area (Å²) < 4.78 is 10.8. The van der Waals surface area contributed by atoms with E-state index in [1.165, 1.54) is 19.1 Å². The topological polar surface area (TPSA) is 84.9 Å². The molecule has 2 aromatic rings. The van der Waals surface area contributed by atoms with Crippen molar-refractivity contribution in [1.82, 2.24) is 5.32 Å². The molecule has 0 heterocycles. The van der Waals surface area contributed by atoms with E-state index < -0.39 is 18.0 Å². The van der Waals surface area contributed by atoms with Crippen molar-refractivity contribution in [2.24, 2.45) is 0 Å². The third kappa shape index (κ3) is 5.22. The van der Waals surface area contributed by atoms with Crippen LogP contribution in [0.25, 0.3) is 0 Å². The number of halogens is 1. The molecule has 0 aliphatic heterocycles. The zero-order valence-electron chi connectivity index (χ0n) is 13.8. The summed E-state index contributed by atoms with van der Waals surface area (Å²) in [6, 6.07) is 11.6. The van der Waals surface area contributed by atoms with Gasteiger partial charge in [-0.3, -0.25) is 4.79 Å². The van der Waals surface area contributed by atoms with E-state index in [0.29, 0.717) is 11.0 Å². The van der Waals surface area contributed by atoms with E-state index in [0.717, 1.165) is 11.3 Å². The molecular weight excluding hydrogens is 390 g/mol. The van der Waals surface area contributed by atoms with Crippen molar-refractivity contribution in [2.45, 2.75) is 19.6 Å². The Morgan fingerprint density at radius 2 is 1.88 bits per heavy atom. The van der Waals surface area contributed by atoms with Crippen molar-refractivity contribution in [3.05, 3.63) is 58.1 Å². The lowest BCUT2D eigenvalue weighted by atomic mass is 10.2. The van der Waals surface area contributed by atoms with Crippen molar-refractivity contribution in [3.8, 4) is 11.5 Å². The number of esters is 1. The first-order chi connectivity index (χ1) is 11.9. The molecule has 7 heteroatoms. The van der Waals surface area contributed by atoms with E-state index in [9.17, 15) is 14.7 Å². The highest BCUT2D eigenvalue weighted by Gasteiger charge is 2.21. The molecule has 0 saturated heterocycles. The lowest BCUT2D eigenvalue weighted by Crippen LogP contribution is -2.35. The summed E-state index contributed by atoms with van der Waals surface area (Å²) in [7, 11) is 1.58. The SMILES string of the molecule is COc1ccc(CNC(=O)[C@H](C)OC(=O)c2cc(Br)ccc2O)cc1. The highest BCUT2D eigenvalue weighted by Crippen LogP contribution is 2.23. The molecule has 0 unspecified atom stereocenters. The first-order valence-corrected chi connectivity index (χ1v) is 8.30. The van der Waals surface area contributed by atoms with Crippen molar-refractivity contribution in [2.75, 3.05) is 7.11 Å². The molecule has 2 aromatic carbocycles. The molecule has 25 heavy (non-hydrogen) atoms. The fourth-order valence-electron chi connectivity index (χ4n) is 2.03. The summed E-state index contributed by atoms with van der Waals surface area (Å²) in [6.45, 7) is 1.77. The molecule has 0 aliphatic rings. The Balaban J connectivity index is 1.90. The molecule has 0 aromatic heterocycles. The fourth-order valence-corrected chi connectivity index (χ4v) is 2.39. The van der Waals surface area contributed by atoms with Gasteiger partial charge in [-0.25, -0.2) is 4.79 Å². The van der Waals surface area contributed by atoms with Crippen LogP contribution in [0.1, 0.15) is 22.8 Å². The predicted octanol–water partition coefficient (Wildman–Crippen LogP) is 3.03. The van der Waals surface area contributed by atoms with Crippen LogP contribution in [0, 0.1) is 0 Å². The maximum atomic E-state index is 12.1. The normalized spacial score (nSPS) is 11.5. The maximum Gasteiger partial charge on any atom is 0.342 e. The number of phenols is 1. The van der Waals surface area contributed by atoms with Crippen molar-refractivity contribution >= 4 is 27.8 Å². The highest BCUT2D eigenvalue weighted by atomic mass is 79.9. The monoisotopic (exact) mass is 407 g/mol. The molecule has 0 spiro atoms. The van der Waals surface area contributed by atoms with Gasteiger partial charge in [0.15, 0.2) is 6.10 Å². The zero-order chi connectivity index (χ0) is 18.4. The van der Waals surface area contributed by atoms with Gasteiger partial charge in [-0.05, 0) is 42.8 Å². The van der Waals surface area contributed by atoms with E-state index in [-0.39, 0.29) is 11.3 Å². The largest absolute Gasteiger partial charge is 0.507 e. The summed E-state index contributed by atoms with van der Waals surface area (Å²) in [5, 5.41) is 12.4. The Kier molecular flexibility index (Phi) is 6.41. The second-order valence-electron chi connectivity index (χ2n) is 5.27. The average molecular weight is 408 g/mol. The number of carbonyl (C=O) groups excluding carboxylic acids is 2. The average Bonchev–Trinajstić information content (AvgIpc) is 2.61. The van der Waals surface area contributed by atoms with Gasteiger partial charge in [0.25, 0.3) is 5.91 Å². The van der Waals surface area contributed by atoms with Crippen LogP contribution in [0.15, 0.2) is 46.9 Å². The smallest absolute Gasteiger partial charge is 0.342 e. The van der Waals surface area contributed by atoms with Gasteiger partial charge in [-0.2, -0.15) is 0 Å². The molecule has 2 rings (SSSR count). The van der Waals surface area contributed by atoms with E-state index >= 15 is 0 Å². The maximum absolute atomic E-state index is 12.1. The number of nitrogens with one attached hydrogen (secondary N) is 1. The molecule has 1 atom stereocenters. The third-order valence-electron chi connectivity index (χ3n) is 3.46. The third-order valence-corrected chi connectivity index (χ3v) is 3.95. The van der Waals surface area contributed by atoms with Crippen LogP contribution in [0.2, 0.25) is 0 Å². The number of methoxy groups -OCH3 is 1. The number of carbonyl (C=O) groups is 2. The van der Waals surface area contributed by atoms with Gasteiger partial charge in [0.2, 0.25) is 0 Å². The van der Waals surface area contributed by atoms with Crippen LogP contribution >= 0.6 is 15.9 Å². The lowest BCUT2D eigenvalue weighted by molar-refractivity contribution is -0.129. The molecule has 0 bridgehead atoms. The lowest BCUT2D eigenvalue weighted by Gasteiger charge is -2.14. The molecule has 0 saturated carbocycles. The molecule has 2 N–H and O–H groups in total. The summed E-state index contributed by atoms with van der Waals surface area (Å²) in [6.07, 6.45) is -0.996. The Labute approximate surface area is 153 Å². The highest BCUT2D eigenvalue weighted by molar-refractivity contribution is 9.10. The van der Waals surface area contributed by atoms with Crippen LogP contribution in [0.5, 0.6) is 11.5 Å². The van der Waals surface area contributed by atoms with Crippen LogP contribution in [-0.4, -0.2) is 30.2 Å². The fraction of sp³-hybridized carbons (Fsp3) is 0.222. The quantitative estimate of drug-likeness (QED) is 0.718. The summed E-state index contributed by atoms with van der Waals surface area (Å²) in [5.41, 5.74) is 0.876. The van der Waals surface area contributed by atoms with Gasteiger partial charge in [0, 0.05) is 11.0 Å². The Bertz CT molecular complexity index is 761. The number of aromatic hydroxyl groups is 1. The van der Waals surface area contributed by atoms with Gasteiger partial charge < -0.3 is 19.9 Å². The van der Waals surface area contributed by atoms with Gasteiger partial charge in [0.1, 0.15) is 17.1 Å². The van der Waals surface area contributed by atoms with Crippen LogP contribution in [0.4, 0.5) is 0 Å². The minimum Gasteiger partial charge on any atom is -0.507 e. The zero-order valence-corrected chi connectivity index (χ0v) is 15.4. The van der Waals surface area contributed by atoms with Gasteiger partial charge >= 0.3 is 5.97 Å². The standard InChI is InChI=1S/C18H18BrNO5/c1-11(25-18(23)15-9-13(19)5-8-16(15)21)17(22)20-10-12-3-6-14(24-2)7-4-12/h3-9,11,21H,10H2,1-2H3,(H,20,22)/t11-/m0/s1. The van der Waals surface area contributed by atoms with E-state index in [2.05, 4.69) is 21.2 Å². The Hall–Kier alpha value is -2.54. The molecule has 0 aliphatic carbocycles. The Morgan fingerprint density at radius 1 is 1.20 bits per heavy atom. The molecule has 0 radical (unpaired) electrons. The first kappa shape index (κ1) is 18.8. The number of amides is 1. The Morgan fingerprint density at radius 3 is 2.52 bits per heavy atom. The number of benzene rings is 2. The van der Waals surface area contributed by atoms with Crippen LogP contribution in [0.3, 0.4) is 0 Å². The van der Waals surface area contributed by atoms with Crippen LogP contribution in [-0.2, 0) is 16.1 Å². The molecule has 1 amide bonds. The summed E-state index contributed by atoms with van der Waals surface area (Å²) in [4.78, 5) is 24.2. The van der Waals surface area contributed by atoms with Crippen molar-refractivity contribution in [1.29, 1.82) is 0 Å². The predicted molar refractivity (Wildman–Crippen MR) is 95.5 cm³/mol. The second kappa shape index (κ2) is 8.53. The molecule has 132 valence electrons. The van der Waals surface area contributed by atoms with Gasteiger partial charge in [-0.1, -0.05) is 28.1 Å². The number of hydrogen-bond donors (Lipinski definition) is 2. The first-order valence-electron chi connectivity index (χ1n) is 7.51. The van der Waals surface area contributed by atoms with E-state index in [1.54, 1.807) is 25.3 Å². The van der Waals surface area contributed by atoms with E-state index in [1.807, 2.05) is 12.1 Å². The number of ether oxygens (including phenoxy) is 2. The van der Waals surface area contributed by atoms with Crippen molar-refractivity contribution in [3.63, 3.8) is 0 Å². The second-order valence-corrected chi connectivity index (χ2v) is 6.19. The minimum absolute atomic E-state index is 0.0100. The summed E-state index contributed by atoms with van der Waals surface area (Å²) in [5.74, 6) is -0.685. The van der Waals surface area contributed by atoms with Gasteiger partial charge in [-0.15, -0.1) is 0 Å². The van der Waals surface area contributed by atoms with Crippen LogP contribution < -0.4 is 10.1 Å². The number of rotatable bonds is 6. The van der Waals surface area contributed by atoms with E-state index in [4.69, 9.17) is 9.47 Å². The number of phenolic OH excluding ortho intramolecular Hbond substituents is 1. The minimum atomic E-state index is -0.996. The number of hydrogen-bond acceptors (Lipinski definition) is 5. The van der Waals surface area contributed by atoms with Gasteiger partial charge in [0.05, 0.1) is 7.11 Å². The molecule has 0 fully saturated rings. The van der Waals surface area contributed by atoms with Crippen molar-refractivity contribution < 1.29 is 24.2 Å². The molecule has 6 nitrogen and oxygen atoms in total.